The lowest BCUT2D eigenvalue weighted by Gasteiger charge is -2.11. The average Bonchev–Trinajstić information content (AvgIpc) is 3.09. The predicted octanol–water partition coefficient (Wildman–Crippen LogP) is 3.67. The van der Waals surface area contributed by atoms with Crippen molar-refractivity contribution >= 4 is 11.8 Å². The summed E-state index contributed by atoms with van der Waals surface area (Å²) in [6, 6.07) is 9.68. The summed E-state index contributed by atoms with van der Waals surface area (Å²) >= 11 is 1.63. The number of nitrogens with zero attached hydrogens (tertiary/aromatic N) is 4. The number of hydrogen-bond acceptors (Lipinski definition) is 6. The Morgan fingerprint density at radius 1 is 1.04 bits per heavy atom. The first-order valence-corrected chi connectivity index (χ1v) is 8.92. The molecule has 0 radical (unpaired) electrons. The second kappa shape index (κ2) is 8.02. The summed E-state index contributed by atoms with van der Waals surface area (Å²) in [7, 11) is 3.33. The van der Waals surface area contributed by atoms with Crippen molar-refractivity contribution in [3.8, 4) is 22.9 Å². The third kappa shape index (κ3) is 3.76. The van der Waals surface area contributed by atoms with Crippen LogP contribution >= 0.6 is 11.8 Å². The molecule has 0 saturated heterocycles. The molecule has 3 aromatic rings. The van der Waals surface area contributed by atoms with Gasteiger partial charge in [0.25, 0.3) is 0 Å². The van der Waals surface area contributed by atoms with Crippen molar-refractivity contribution in [2.24, 2.45) is 0 Å². The fourth-order valence-corrected chi connectivity index (χ4v) is 3.51. The zero-order valence-corrected chi connectivity index (χ0v) is 15.3. The molecule has 1 aromatic carbocycles. The Morgan fingerprint density at radius 3 is 2.52 bits per heavy atom. The normalized spacial score (nSPS) is 10.7. The van der Waals surface area contributed by atoms with Gasteiger partial charge in [-0.05, 0) is 37.3 Å². The van der Waals surface area contributed by atoms with Crippen LogP contribution in [0, 0.1) is 0 Å². The average molecular weight is 356 g/mol. The minimum absolute atomic E-state index is 0.717. The van der Waals surface area contributed by atoms with Gasteiger partial charge in [0.15, 0.2) is 11.0 Å². The molecule has 0 aliphatic rings. The fourth-order valence-electron chi connectivity index (χ4n) is 2.53. The third-order valence-electron chi connectivity index (χ3n) is 3.82. The minimum atomic E-state index is 0.717. The van der Waals surface area contributed by atoms with E-state index in [1.54, 1.807) is 38.4 Å². The molecule has 0 amide bonds. The first kappa shape index (κ1) is 17.3. The number of pyridine rings is 1. The van der Waals surface area contributed by atoms with Gasteiger partial charge >= 0.3 is 0 Å². The highest BCUT2D eigenvalue weighted by Crippen LogP contribution is 2.31. The molecule has 25 heavy (non-hydrogen) atoms. The number of aromatic nitrogens is 4. The van der Waals surface area contributed by atoms with Crippen LogP contribution < -0.4 is 9.47 Å². The second-order valence-electron chi connectivity index (χ2n) is 5.25. The molecule has 7 heteroatoms. The molecular formula is C18H20N4O2S. The zero-order chi connectivity index (χ0) is 17.6. The van der Waals surface area contributed by atoms with Crippen LogP contribution in [0.1, 0.15) is 12.5 Å². The molecule has 0 aliphatic carbocycles. The maximum absolute atomic E-state index is 5.45. The summed E-state index contributed by atoms with van der Waals surface area (Å²) < 4.78 is 12.9. The van der Waals surface area contributed by atoms with Crippen molar-refractivity contribution in [1.29, 1.82) is 0 Å². The second-order valence-corrected chi connectivity index (χ2v) is 6.20. The van der Waals surface area contributed by atoms with Crippen LogP contribution in [-0.2, 0) is 12.3 Å². The van der Waals surface area contributed by atoms with E-state index < -0.39 is 0 Å². The maximum Gasteiger partial charge on any atom is 0.191 e. The zero-order valence-electron chi connectivity index (χ0n) is 14.5. The quantitative estimate of drug-likeness (QED) is 0.602. The fraction of sp³-hybridized carbons (Fsp3) is 0.278. The van der Waals surface area contributed by atoms with Gasteiger partial charge in [-0.15, -0.1) is 10.2 Å². The first-order valence-electron chi connectivity index (χ1n) is 7.94. The number of benzene rings is 1. The number of hydrogen-bond donors (Lipinski definition) is 0. The van der Waals surface area contributed by atoms with Gasteiger partial charge in [0.1, 0.15) is 11.5 Å². The van der Waals surface area contributed by atoms with E-state index in [1.165, 1.54) is 0 Å². The highest BCUT2D eigenvalue weighted by atomic mass is 32.2. The lowest BCUT2D eigenvalue weighted by atomic mass is 10.2. The van der Waals surface area contributed by atoms with E-state index in [0.717, 1.165) is 45.9 Å². The van der Waals surface area contributed by atoms with E-state index >= 15 is 0 Å². The summed E-state index contributed by atoms with van der Waals surface area (Å²) in [5.41, 5.74) is 2.07. The minimum Gasteiger partial charge on any atom is -0.497 e. The van der Waals surface area contributed by atoms with Gasteiger partial charge < -0.3 is 14.0 Å². The summed E-state index contributed by atoms with van der Waals surface area (Å²) in [6.07, 6.45) is 3.52. The van der Waals surface area contributed by atoms with Crippen molar-refractivity contribution in [2.45, 2.75) is 24.4 Å². The lowest BCUT2D eigenvalue weighted by Crippen LogP contribution is -2.00. The molecule has 0 fully saturated rings. The number of ether oxygens (including phenoxy) is 2. The lowest BCUT2D eigenvalue weighted by molar-refractivity contribution is 0.400. The van der Waals surface area contributed by atoms with Gasteiger partial charge in [-0.2, -0.15) is 0 Å². The van der Waals surface area contributed by atoms with Gasteiger partial charge in [0.2, 0.25) is 0 Å². The molecule has 2 aromatic heterocycles. The summed E-state index contributed by atoms with van der Waals surface area (Å²) in [5, 5.41) is 9.59. The summed E-state index contributed by atoms with van der Waals surface area (Å²) in [6.45, 7) is 2.88. The topological polar surface area (TPSA) is 62.1 Å². The Morgan fingerprint density at radius 2 is 1.84 bits per heavy atom. The SMILES string of the molecule is CCn1c(SCc2cc(OC)ccc2OC)nnc1-c1ccncc1. The van der Waals surface area contributed by atoms with E-state index in [1.807, 2.05) is 30.3 Å². The molecule has 0 saturated carbocycles. The molecule has 0 aliphatic heterocycles. The first-order chi connectivity index (χ1) is 12.3. The standard InChI is InChI=1S/C18H20N4O2S/c1-4-22-17(13-7-9-19-10-8-13)20-21-18(22)25-12-14-11-15(23-2)5-6-16(14)24-3/h5-11H,4,12H2,1-3H3. The van der Waals surface area contributed by atoms with Gasteiger partial charge in [-0.1, -0.05) is 11.8 Å². The third-order valence-corrected chi connectivity index (χ3v) is 4.83. The molecule has 3 rings (SSSR count). The molecule has 0 spiro atoms. The smallest absolute Gasteiger partial charge is 0.191 e. The van der Waals surface area contributed by atoms with Crippen molar-refractivity contribution < 1.29 is 9.47 Å². The molecule has 2 heterocycles. The molecule has 6 nitrogen and oxygen atoms in total. The molecule has 0 N–H and O–H groups in total. The Labute approximate surface area is 151 Å². The van der Waals surface area contributed by atoms with Crippen LogP contribution in [0.25, 0.3) is 11.4 Å². The van der Waals surface area contributed by atoms with E-state index in [9.17, 15) is 0 Å². The van der Waals surface area contributed by atoms with Crippen molar-refractivity contribution in [3.63, 3.8) is 0 Å². The van der Waals surface area contributed by atoms with Crippen LogP contribution in [0.5, 0.6) is 11.5 Å². The maximum atomic E-state index is 5.45. The monoisotopic (exact) mass is 356 g/mol. The number of methoxy groups -OCH3 is 2. The molecule has 0 unspecified atom stereocenters. The molecule has 0 bridgehead atoms. The Hall–Kier alpha value is -2.54. The Balaban J connectivity index is 1.84. The van der Waals surface area contributed by atoms with E-state index in [-0.39, 0.29) is 0 Å². The number of thioether (sulfide) groups is 1. The van der Waals surface area contributed by atoms with Crippen molar-refractivity contribution in [2.75, 3.05) is 14.2 Å². The van der Waals surface area contributed by atoms with Crippen LogP contribution in [0.3, 0.4) is 0 Å². The van der Waals surface area contributed by atoms with Gasteiger partial charge in [-0.25, -0.2) is 0 Å². The summed E-state index contributed by atoms with van der Waals surface area (Å²) in [5.74, 6) is 3.22. The largest absolute Gasteiger partial charge is 0.497 e. The van der Waals surface area contributed by atoms with Crippen molar-refractivity contribution in [3.05, 3.63) is 48.3 Å². The van der Waals surface area contributed by atoms with Crippen LogP contribution in [-0.4, -0.2) is 34.0 Å². The van der Waals surface area contributed by atoms with E-state index in [4.69, 9.17) is 9.47 Å². The molecule has 130 valence electrons. The Kier molecular flexibility index (Phi) is 5.55. The highest BCUT2D eigenvalue weighted by molar-refractivity contribution is 7.98. The Bertz CT molecular complexity index is 836. The van der Waals surface area contributed by atoms with Crippen molar-refractivity contribution in [1.82, 2.24) is 19.7 Å². The van der Waals surface area contributed by atoms with Crippen LogP contribution in [0.2, 0.25) is 0 Å². The summed E-state index contributed by atoms with van der Waals surface area (Å²) in [4.78, 5) is 4.06. The molecular weight excluding hydrogens is 336 g/mol. The number of rotatable bonds is 7. The van der Waals surface area contributed by atoms with Gasteiger partial charge in [0.05, 0.1) is 14.2 Å². The van der Waals surface area contributed by atoms with Gasteiger partial charge in [0, 0.05) is 35.8 Å². The van der Waals surface area contributed by atoms with Gasteiger partial charge in [-0.3, -0.25) is 4.98 Å². The van der Waals surface area contributed by atoms with E-state index in [2.05, 4.69) is 26.7 Å². The van der Waals surface area contributed by atoms with Crippen LogP contribution in [0.4, 0.5) is 0 Å². The molecule has 0 atom stereocenters. The van der Waals surface area contributed by atoms with E-state index in [0.29, 0.717) is 0 Å². The highest BCUT2D eigenvalue weighted by Gasteiger charge is 2.14. The van der Waals surface area contributed by atoms with Crippen LogP contribution in [0.15, 0.2) is 47.9 Å². The predicted molar refractivity (Wildman–Crippen MR) is 98.0 cm³/mol.